The van der Waals surface area contributed by atoms with Crippen molar-refractivity contribution in [2.45, 2.75) is 20.3 Å². The van der Waals surface area contributed by atoms with E-state index in [0.29, 0.717) is 4.91 Å². The molecule has 14 heavy (non-hydrogen) atoms. The van der Waals surface area contributed by atoms with Crippen LogP contribution in [0.2, 0.25) is 0 Å². The van der Waals surface area contributed by atoms with Gasteiger partial charge in [-0.1, -0.05) is 13.0 Å². The van der Waals surface area contributed by atoms with E-state index in [1.165, 1.54) is 6.26 Å². The highest BCUT2D eigenvalue weighted by Crippen LogP contribution is 2.25. The second-order valence-corrected chi connectivity index (χ2v) is 5.91. The highest BCUT2D eigenvalue weighted by molar-refractivity contribution is 7.94. The lowest BCUT2D eigenvalue weighted by atomic mass is 10.1. The van der Waals surface area contributed by atoms with Gasteiger partial charge in [-0.2, -0.15) is 0 Å². The van der Waals surface area contributed by atoms with Crippen LogP contribution in [0.15, 0.2) is 22.9 Å². The Morgan fingerprint density at radius 1 is 1.50 bits per heavy atom. The molecule has 0 N–H and O–H groups in total. The Balaban J connectivity index is 3.14. The van der Waals surface area contributed by atoms with Crippen LogP contribution in [0.4, 0.5) is 0 Å². The third-order valence-electron chi connectivity index (χ3n) is 2.56. The van der Waals surface area contributed by atoms with Crippen LogP contribution >= 0.6 is 0 Å². The van der Waals surface area contributed by atoms with Crippen LogP contribution in [0.25, 0.3) is 0 Å². The lowest BCUT2D eigenvalue weighted by Crippen LogP contribution is -2.13. The molecule has 80 valence electrons. The van der Waals surface area contributed by atoms with Gasteiger partial charge < -0.3 is 4.90 Å². The van der Waals surface area contributed by atoms with Crippen LogP contribution in [0.1, 0.15) is 20.3 Å². The highest BCUT2D eigenvalue weighted by Gasteiger charge is 2.21. The Labute approximate surface area is 86.0 Å². The molecular formula is C10H17NO2S. The maximum absolute atomic E-state index is 11.5. The average molecular weight is 215 g/mol. The van der Waals surface area contributed by atoms with Crippen molar-refractivity contribution in [3.05, 3.63) is 22.9 Å². The second kappa shape index (κ2) is 3.77. The second-order valence-electron chi connectivity index (χ2n) is 3.90. The molecule has 1 heterocycles. The van der Waals surface area contributed by atoms with Gasteiger partial charge in [-0.15, -0.1) is 0 Å². The molecule has 0 bridgehead atoms. The molecule has 1 unspecified atom stereocenters. The number of nitrogens with zero attached hydrogens (tertiary/aromatic N) is 1. The lowest BCUT2D eigenvalue weighted by Gasteiger charge is -2.15. The smallest absolute Gasteiger partial charge is 0.173 e. The quantitative estimate of drug-likeness (QED) is 0.668. The van der Waals surface area contributed by atoms with E-state index in [-0.39, 0.29) is 5.92 Å². The molecule has 0 saturated carbocycles. The fourth-order valence-corrected chi connectivity index (χ4v) is 2.67. The molecule has 0 aromatic carbocycles. The number of rotatable bonds is 1. The molecule has 1 aliphatic heterocycles. The number of sulfone groups is 1. The predicted octanol–water partition coefficient (Wildman–Crippen LogP) is 1.75. The summed E-state index contributed by atoms with van der Waals surface area (Å²) in [6.45, 7) is 3.92. The largest absolute Gasteiger partial charge is 0.354 e. The van der Waals surface area contributed by atoms with Gasteiger partial charge in [0.25, 0.3) is 0 Å². The SMILES string of the molecule is CC1=CCC(C)C(S(C)(=O)=O)=CN1C. The van der Waals surface area contributed by atoms with Crippen LogP contribution in [-0.4, -0.2) is 26.6 Å². The number of hydrogen-bond acceptors (Lipinski definition) is 3. The summed E-state index contributed by atoms with van der Waals surface area (Å²) in [5.74, 6) is 0.0740. The standard InChI is InChI=1S/C10H17NO2S/c1-8-5-6-9(2)11(3)7-10(8)14(4,12)13/h6-8H,5H2,1-4H3. The molecule has 0 aliphatic carbocycles. The molecule has 1 aliphatic rings. The Morgan fingerprint density at radius 3 is 2.57 bits per heavy atom. The molecule has 0 aromatic rings. The maximum atomic E-state index is 11.5. The van der Waals surface area contributed by atoms with Crippen molar-refractivity contribution in [2.75, 3.05) is 13.3 Å². The van der Waals surface area contributed by atoms with Crippen LogP contribution in [0.3, 0.4) is 0 Å². The summed E-state index contributed by atoms with van der Waals surface area (Å²) in [7, 11) is -1.20. The molecule has 1 rings (SSSR count). The Hall–Kier alpha value is -0.770. The Kier molecular flexibility index (Phi) is 3.04. The minimum Gasteiger partial charge on any atom is -0.354 e. The zero-order chi connectivity index (χ0) is 10.9. The summed E-state index contributed by atoms with van der Waals surface area (Å²) in [5, 5.41) is 0. The van der Waals surface area contributed by atoms with E-state index >= 15 is 0 Å². The van der Waals surface area contributed by atoms with Gasteiger partial charge in [0.15, 0.2) is 9.84 Å². The summed E-state index contributed by atoms with van der Waals surface area (Å²) in [6.07, 6.45) is 5.84. The molecule has 0 saturated heterocycles. The van der Waals surface area contributed by atoms with Crippen molar-refractivity contribution in [3.63, 3.8) is 0 Å². The van der Waals surface area contributed by atoms with Gasteiger partial charge in [0.05, 0.1) is 4.91 Å². The molecule has 0 radical (unpaired) electrons. The first-order valence-electron chi connectivity index (χ1n) is 4.63. The first-order valence-corrected chi connectivity index (χ1v) is 6.53. The third-order valence-corrected chi connectivity index (χ3v) is 3.92. The highest BCUT2D eigenvalue weighted by atomic mass is 32.2. The molecule has 4 heteroatoms. The van der Waals surface area contributed by atoms with Gasteiger partial charge in [-0.05, 0) is 19.3 Å². The normalized spacial score (nSPS) is 24.0. The van der Waals surface area contributed by atoms with Crippen LogP contribution in [0, 0.1) is 5.92 Å². The van der Waals surface area contributed by atoms with Gasteiger partial charge in [0.1, 0.15) is 0 Å². The van der Waals surface area contributed by atoms with E-state index < -0.39 is 9.84 Å². The van der Waals surface area contributed by atoms with Crippen molar-refractivity contribution in [2.24, 2.45) is 5.92 Å². The average Bonchev–Trinajstić information content (AvgIpc) is 2.17. The Bertz CT molecular complexity index is 379. The summed E-state index contributed by atoms with van der Waals surface area (Å²) in [4.78, 5) is 2.38. The van der Waals surface area contributed by atoms with Gasteiger partial charge in [0, 0.05) is 25.2 Å². The predicted molar refractivity (Wildman–Crippen MR) is 58.2 cm³/mol. The van der Waals surface area contributed by atoms with Gasteiger partial charge in [-0.25, -0.2) is 8.42 Å². The van der Waals surface area contributed by atoms with E-state index in [2.05, 4.69) is 6.08 Å². The third kappa shape index (κ3) is 2.38. The molecule has 0 amide bonds. The van der Waals surface area contributed by atoms with Crippen molar-refractivity contribution < 1.29 is 8.42 Å². The minimum atomic E-state index is -3.07. The fourth-order valence-electron chi connectivity index (χ4n) is 1.49. The van der Waals surface area contributed by atoms with E-state index in [4.69, 9.17) is 0 Å². The maximum Gasteiger partial charge on any atom is 0.173 e. The number of hydrogen-bond donors (Lipinski definition) is 0. The summed E-state index contributed by atoms with van der Waals surface area (Å²) >= 11 is 0. The zero-order valence-electron chi connectivity index (χ0n) is 9.11. The fraction of sp³-hybridized carbons (Fsp3) is 0.600. The van der Waals surface area contributed by atoms with E-state index in [0.717, 1.165) is 12.1 Å². The van der Waals surface area contributed by atoms with Crippen molar-refractivity contribution in [1.82, 2.24) is 4.90 Å². The van der Waals surface area contributed by atoms with E-state index in [9.17, 15) is 8.42 Å². The van der Waals surface area contributed by atoms with Crippen LogP contribution < -0.4 is 0 Å². The van der Waals surface area contributed by atoms with Crippen LogP contribution in [0.5, 0.6) is 0 Å². The molecule has 0 fully saturated rings. The first kappa shape index (κ1) is 11.3. The zero-order valence-corrected chi connectivity index (χ0v) is 9.93. The van der Waals surface area contributed by atoms with Crippen molar-refractivity contribution >= 4 is 9.84 Å². The summed E-state index contributed by atoms with van der Waals surface area (Å²) < 4.78 is 23.0. The molecule has 0 aromatic heterocycles. The van der Waals surface area contributed by atoms with E-state index in [1.807, 2.05) is 25.8 Å². The molecular weight excluding hydrogens is 198 g/mol. The van der Waals surface area contributed by atoms with E-state index in [1.54, 1.807) is 6.20 Å². The molecule has 0 spiro atoms. The van der Waals surface area contributed by atoms with Crippen LogP contribution in [-0.2, 0) is 9.84 Å². The monoisotopic (exact) mass is 215 g/mol. The van der Waals surface area contributed by atoms with Gasteiger partial charge in [-0.3, -0.25) is 0 Å². The molecule has 3 nitrogen and oxygen atoms in total. The number of allylic oxidation sites excluding steroid dienone is 3. The van der Waals surface area contributed by atoms with Crippen molar-refractivity contribution in [3.8, 4) is 0 Å². The Morgan fingerprint density at radius 2 is 2.07 bits per heavy atom. The molecule has 1 atom stereocenters. The minimum absolute atomic E-state index is 0.0740. The van der Waals surface area contributed by atoms with Crippen molar-refractivity contribution in [1.29, 1.82) is 0 Å². The summed E-state index contributed by atoms with van der Waals surface area (Å²) in [6, 6.07) is 0. The lowest BCUT2D eigenvalue weighted by molar-refractivity contribution is 0.563. The summed E-state index contributed by atoms with van der Waals surface area (Å²) in [5.41, 5.74) is 1.09. The van der Waals surface area contributed by atoms with Gasteiger partial charge in [0.2, 0.25) is 0 Å². The first-order chi connectivity index (χ1) is 6.32. The van der Waals surface area contributed by atoms with Gasteiger partial charge >= 0.3 is 0 Å². The topological polar surface area (TPSA) is 37.4 Å².